The normalized spacial score (nSPS) is 25.5. The van der Waals surface area contributed by atoms with Gasteiger partial charge in [0.25, 0.3) is 5.91 Å². The molecule has 2 heterocycles. The van der Waals surface area contributed by atoms with E-state index >= 15 is 0 Å². The van der Waals surface area contributed by atoms with E-state index in [1.54, 1.807) is 0 Å². The highest BCUT2D eigenvalue weighted by Crippen LogP contribution is 2.30. The Hall–Kier alpha value is -1.88. The molecule has 2 saturated heterocycles. The summed E-state index contributed by atoms with van der Waals surface area (Å²) >= 11 is 0. The summed E-state index contributed by atoms with van der Waals surface area (Å²) in [6, 6.07) is 9.86. The number of benzene rings is 1. The van der Waals surface area contributed by atoms with Crippen LogP contribution in [0, 0.1) is 5.92 Å². The third-order valence-corrected chi connectivity index (χ3v) is 5.10. The van der Waals surface area contributed by atoms with Gasteiger partial charge >= 0.3 is 0 Å². The van der Waals surface area contributed by atoms with Gasteiger partial charge in [-0.15, -0.1) is 0 Å². The van der Waals surface area contributed by atoms with E-state index in [0.29, 0.717) is 18.5 Å². The predicted octanol–water partition coefficient (Wildman–Crippen LogP) is 1.49. The number of fused-ring (bicyclic) bond motifs is 1. The van der Waals surface area contributed by atoms with Gasteiger partial charge in [-0.05, 0) is 43.9 Å². The molecule has 0 saturated carbocycles. The second-order valence-corrected chi connectivity index (χ2v) is 6.67. The summed E-state index contributed by atoms with van der Waals surface area (Å²) < 4.78 is 0. The van der Waals surface area contributed by atoms with E-state index in [1.807, 2.05) is 35.2 Å². The minimum atomic E-state index is -0.256. The van der Waals surface area contributed by atoms with Crippen molar-refractivity contribution in [3.63, 3.8) is 0 Å². The van der Waals surface area contributed by atoms with Crippen molar-refractivity contribution in [2.45, 2.75) is 31.7 Å². The van der Waals surface area contributed by atoms with Crippen molar-refractivity contribution in [3.8, 4) is 0 Å². The third kappa shape index (κ3) is 3.72. The van der Waals surface area contributed by atoms with E-state index < -0.39 is 0 Å². The fourth-order valence-electron chi connectivity index (χ4n) is 4.02. The fraction of sp³-hybridized carbons (Fsp3) is 0.556. The van der Waals surface area contributed by atoms with E-state index in [1.165, 1.54) is 0 Å². The number of nitrogens with zero attached hydrogens (tertiary/aromatic N) is 2. The Labute approximate surface area is 137 Å². The zero-order valence-corrected chi connectivity index (χ0v) is 13.5. The van der Waals surface area contributed by atoms with Crippen molar-refractivity contribution in [2.24, 2.45) is 11.7 Å². The molecule has 0 aromatic heterocycles. The molecule has 1 aromatic rings. The van der Waals surface area contributed by atoms with Gasteiger partial charge in [-0.2, -0.15) is 0 Å². The van der Waals surface area contributed by atoms with E-state index in [0.717, 1.165) is 50.9 Å². The van der Waals surface area contributed by atoms with Crippen LogP contribution in [0.5, 0.6) is 0 Å². The largest absolute Gasteiger partial charge is 0.369 e. The first-order valence-electron chi connectivity index (χ1n) is 8.52. The second-order valence-electron chi connectivity index (χ2n) is 6.67. The first kappa shape index (κ1) is 16.0. The quantitative estimate of drug-likeness (QED) is 0.919. The van der Waals surface area contributed by atoms with Crippen LogP contribution in [0.1, 0.15) is 36.0 Å². The van der Waals surface area contributed by atoms with Gasteiger partial charge in [0.05, 0.1) is 6.54 Å². The molecule has 2 aliphatic heterocycles. The van der Waals surface area contributed by atoms with Crippen LogP contribution < -0.4 is 5.73 Å². The molecule has 0 spiro atoms. The zero-order chi connectivity index (χ0) is 16.2. The lowest BCUT2D eigenvalue weighted by atomic mass is 9.88. The van der Waals surface area contributed by atoms with Crippen molar-refractivity contribution < 1.29 is 9.59 Å². The van der Waals surface area contributed by atoms with Crippen LogP contribution in [0.15, 0.2) is 30.3 Å². The number of hydrogen-bond acceptors (Lipinski definition) is 3. The topological polar surface area (TPSA) is 66.6 Å². The highest BCUT2D eigenvalue weighted by Gasteiger charge is 2.36. The number of piperidine rings is 1. The van der Waals surface area contributed by atoms with Crippen LogP contribution >= 0.6 is 0 Å². The number of hydrogen-bond donors (Lipinski definition) is 1. The molecule has 23 heavy (non-hydrogen) atoms. The molecular weight excluding hydrogens is 290 g/mol. The van der Waals surface area contributed by atoms with Crippen molar-refractivity contribution in [1.82, 2.24) is 9.80 Å². The summed E-state index contributed by atoms with van der Waals surface area (Å²) in [4.78, 5) is 28.2. The molecule has 2 fully saturated rings. The van der Waals surface area contributed by atoms with Gasteiger partial charge < -0.3 is 10.6 Å². The average Bonchev–Trinajstić information content (AvgIpc) is 2.76. The van der Waals surface area contributed by atoms with Crippen LogP contribution in [0.3, 0.4) is 0 Å². The van der Waals surface area contributed by atoms with Crippen molar-refractivity contribution in [3.05, 3.63) is 35.9 Å². The Balaban J connectivity index is 1.69. The van der Waals surface area contributed by atoms with Crippen LogP contribution in [-0.4, -0.2) is 53.8 Å². The number of primary amides is 1. The molecule has 2 aliphatic rings. The summed E-state index contributed by atoms with van der Waals surface area (Å²) in [6.07, 6.45) is 4.31. The lowest BCUT2D eigenvalue weighted by Crippen LogP contribution is -2.53. The monoisotopic (exact) mass is 315 g/mol. The third-order valence-electron chi connectivity index (χ3n) is 5.10. The van der Waals surface area contributed by atoms with Crippen LogP contribution in [0.4, 0.5) is 0 Å². The molecule has 5 nitrogen and oxygen atoms in total. The molecule has 3 rings (SSSR count). The summed E-state index contributed by atoms with van der Waals surface area (Å²) in [5, 5.41) is 0. The SMILES string of the molecule is NC(=O)CN1CCCC[C@H]2CN(C(=O)c3ccccc3)CC[C@H]21. The summed E-state index contributed by atoms with van der Waals surface area (Å²) in [6.45, 7) is 2.82. The van der Waals surface area contributed by atoms with E-state index in [2.05, 4.69) is 4.90 Å². The smallest absolute Gasteiger partial charge is 0.253 e. The van der Waals surface area contributed by atoms with Crippen molar-refractivity contribution in [2.75, 3.05) is 26.2 Å². The van der Waals surface area contributed by atoms with Gasteiger partial charge in [-0.25, -0.2) is 0 Å². The Morgan fingerprint density at radius 1 is 1.09 bits per heavy atom. The second kappa shape index (κ2) is 7.13. The molecule has 0 bridgehead atoms. The van der Waals surface area contributed by atoms with Gasteiger partial charge in [-0.3, -0.25) is 14.5 Å². The number of amides is 2. The number of carbonyl (C=O) groups is 2. The maximum absolute atomic E-state index is 12.7. The number of carbonyl (C=O) groups excluding carboxylic acids is 2. The van der Waals surface area contributed by atoms with Gasteiger partial charge in [0.1, 0.15) is 0 Å². The maximum Gasteiger partial charge on any atom is 0.253 e. The zero-order valence-electron chi connectivity index (χ0n) is 13.5. The van der Waals surface area contributed by atoms with Gasteiger partial charge in [-0.1, -0.05) is 24.6 Å². The molecule has 2 amide bonds. The molecule has 0 aliphatic carbocycles. The number of nitrogens with two attached hydrogens (primary N) is 1. The molecule has 2 N–H and O–H groups in total. The first-order valence-corrected chi connectivity index (χ1v) is 8.52. The maximum atomic E-state index is 12.7. The van der Waals surface area contributed by atoms with Crippen molar-refractivity contribution >= 4 is 11.8 Å². The summed E-state index contributed by atoms with van der Waals surface area (Å²) in [5.41, 5.74) is 6.16. The average molecular weight is 315 g/mol. The first-order chi connectivity index (χ1) is 11.1. The predicted molar refractivity (Wildman–Crippen MR) is 88.9 cm³/mol. The molecule has 5 heteroatoms. The Morgan fingerprint density at radius 3 is 2.61 bits per heavy atom. The Morgan fingerprint density at radius 2 is 1.87 bits per heavy atom. The van der Waals surface area contributed by atoms with E-state index in [4.69, 9.17) is 5.73 Å². The highest BCUT2D eigenvalue weighted by atomic mass is 16.2. The Kier molecular flexibility index (Phi) is 4.96. The van der Waals surface area contributed by atoms with Gasteiger partial charge in [0, 0.05) is 24.7 Å². The molecular formula is C18H25N3O2. The number of likely N-dealkylation sites (tertiary alicyclic amines) is 2. The number of rotatable bonds is 3. The lowest BCUT2D eigenvalue weighted by molar-refractivity contribution is -0.120. The Bertz CT molecular complexity index is 561. The van der Waals surface area contributed by atoms with Crippen LogP contribution in [0.2, 0.25) is 0 Å². The van der Waals surface area contributed by atoms with Crippen molar-refractivity contribution in [1.29, 1.82) is 0 Å². The fourth-order valence-corrected chi connectivity index (χ4v) is 4.02. The molecule has 2 atom stereocenters. The highest BCUT2D eigenvalue weighted by molar-refractivity contribution is 5.94. The van der Waals surface area contributed by atoms with Crippen LogP contribution in [0.25, 0.3) is 0 Å². The molecule has 0 unspecified atom stereocenters. The standard InChI is InChI=1S/C18H25N3O2/c19-17(22)13-20-10-5-4-8-15-12-21(11-9-16(15)20)18(23)14-6-2-1-3-7-14/h1-3,6-7,15-16H,4-5,8-13H2,(H2,19,22)/t15-,16+/m0/s1. The summed E-state index contributed by atoms with van der Waals surface area (Å²) in [5.74, 6) is 0.307. The van der Waals surface area contributed by atoms with E-state index in [9.17, 15) is 9.59 Å². The van der Waals surface area contributed by atoms with Gasteiger partial charge in [0.15, 0.2) is 0 Å². The van der Waals surface area contributed by atoms with Gasteiger partial charge in [0.2, 0.25) is 5.91 Å². The summed E-state index contributed by atoms with van der Waals surface area (Å²) in [7, 11) is 0. The minimum absolute atomic E-state index is 0.120. The molecule has 0 radical (unpaired) electrons. The molecule has 1 aromatic carbocycles. The minimum Gasteiger partial charge on any atom is -0.369 e. The lowest BCUT2D eigenvalue weighted by Gasteiger charge is -2.42. The molecule has 124 valence electrons. The van der Waals surface area contributed by atoms with Crippen LogP contribution in [-0.2, 0) is 4.79 Å². The van der Waals surface area contributed by atoms with E-state index in [-0.39, 0.29) is 11.8 Å².